The highest BCUT2D eigenvalue weighted by atomic mass is 32.2. The molecule has 132 valence electrons. The van der Waals surface area contributed by atoms with E-state index in [0.717, 1.165) is 4.88 Å². The van der Waals surface area contributed by atoms with Crippen LogP contribution in [0.3, 0.4) is 0 Å². The van der Waals surface area contributed by atoms with Crippen LogP contribution in [0.15, 0.2) is 16.3 Å². The molecule has 0 spiro atoms. The monoisotopic (exact) mass is 361 g/mol. The summed E-state index contributed by atoms with van der Waals surface area (Å²) in [6.45, 7) is 6.95. The number of rotatable bonds is 10. The summed E-state index contributed by atoms with van der Waals surface area (Å²) in [5.41, 5.74) is 5.61. The van der Waals surface area contributed by atoms with Crippen molar-refractivity contribution in [3.8, 4) is 0 Å². The number of hydrogen-bond donors (Lipinski definition) is 2. The summed E-state index contributed by atoms with van der Waals surface area (Å²) in [5, 5.41) is 2.83. The predicted octanol–water partition coefficient (Wildman–Crippen LogP) is 1.56. The van der Waals surface area contributed by atoms with Gasteiger partial charge in [0.05, 0.1) is 0 Å². The molecule has 0 aliphatic rings. The SMILES string of the molecule is CCN(CC)S(=O)(=O)c1ccc(CCNC(=O)CCC(C)N)s1. The summed E-state index contributed by atoms with van der Waals surface area (Å²) in [5.74, 6) is -0.0187. The second kappa shape index (κ2) is 9.36. The van der Waals surface area contributed by atoms with Crippen LogP contribution in [0.25, 0.3) is 0 Å². The summed E-state index contributed by atoms with van der Waals surface area (Å²) >= 11 is 1.27. The predicted molar refractivity (Wildman–Crippen MR) is 94.0 cm³/mol. The summed E-state index contributed by atoms with van der Waals surface area (Å²) in [7, 11) is -3.39. The zero-order chi connectivity index (χ0) is 17.5. The lowest BCUT2D eigenvalue weighted by Crippen LogP contribution is -2.30. The molecular formula is C15H27N3O3S2. The highest BCUT2D eigenvalue weighted by Gasteiger charge is 2.23. The Kier molecular flexibility index (Phi) is 8.18. The van der Waals surface area contributed by atoms with Crippen molar-refractivity contribution in [3.63, 3.8) is 0 Å². The van der Waals surface area contributed by atoms with Gasteiger partial charge in [-0.05, 0) is 31.9 Å². The van der Waals surface area contributed by atoms with Gasteiger partial charge in [-0.1, -0.05) is 13.8 Å². The number of hydrogen-bond acceptors (Lipinski definition) is 5. The fraction of sp³-hybridized carbons (Fsp3) is 0.667. The highest BCUT2D eigenvalue weighted by Crippen LogP contribution is 2.25. The van der Waals surface area contributed by atoms with E-state index in [0.29, 0.717) is 43.1 Å². The summed E-state index contributed by atoms with van der Waals surface area (Å²) in [4.78, 5) is 12.6. The van der Waals surface area contributed by atoms with Gasteiger partial charge in [0.25, 0.3) is 10.0 Å². The van der Waals surface area contributed by atoms with Crippen LogP contribution in [-0.4, -0.2) is 44.3 Å². The Morgan fingerprint density at radius 3 is 2.57 bits per heavy atom. The quantitative estimate of drug-likeness (QED) is 0.661. The van der Waals surface area contributed by atoms with E-state index in [1.807, 2.05) is 26.8 Å². The maximum absolute atomic E-state index is 12.4. The fourth-order valence-corrected chi connectivity index (χ4v) is 5.06. The van der Waals surface area contributed by atoms with Gasteiger partial charge in [0, 0.05) is 37.0 Å². The van der Waals surface area contributed by atoms with Gasteiger partial charge in [-0.25, -0.2) is 8.42 Å². The molecular weight excluding hydrogens is 334 g/mol. The lowest BCUT2D eigenvalue weighted by Gasteiger charge is -2.16. The number of amides is 1. The van der Waals surface area contributed by atoms with Gasteiger partial charge in [0.15, 0.2) is 0 Å². The van der Waals surface area contributed by atoms with Crippen LogP contribution >= 0.6 is 11.3 Å². The normalized spacial score (nSPS) is 13.3. The van der Waals surface area contributed by atoms with Crippen molar-refractivity contribution in [2.24, 2.45) is 5.73 Å². The van der Waals surface area contributed by atoms with Crippen molar-refractivity contribution in [2.75, 3.05) is 19.6 Å². The maximum Gasteiger partial charge on any atom is 0.252 e. The number of nitrogens with two attached hydrogens (primary N) is 1. The molecule has 23 heavy (non-hydrogen) atoms. The topological polar surface area (TPSA) is 92.5 Å². The molecule has 8 heteroatoms. The van der Waals surface area contributed by atoms with E-state index >= 15 is 0 Å². The molecule has 1 heterocycles. The van der Waals surface area contributed by atoms with E-state index in [1.165, 1.54) is 15.6 Å². The molecule has 3 N–H and O–H groups in total. The number of sulfonamides is 1. The van der Waals surface area contributed by atoms with Gasteiger partial charge in [0.2, 0.25) is 5.91 Å². The second-order valence-electron chi connectivity index (χ2n) is 5.43. The van der Waals surface area contributed by atoms with Crippen LogP contribution in [-0.2, 0) is 21.2 Å². The molecule has 1 unspecified atom stereocenters. The number of carbonyl (C=O) groups is 1. The Morgan fingerprint density at radius 1 is 1.35 bits per heavy atom. The lowest BCUT2D eigenvalue weighted by molar-refractivity contribution is -0.121. The Hall–Kier alpha value is -0.960. The van der Waals surface area contributed by atoms with Gasteiger partial charge in [-0.15, -0.1) is 11.3 Å². The Balaban J connectivity index is 2.53. The van der Waals surface area contributed by atoms with Crippen LogP contribution in [0, 0.1) is 0 Å². The minimum absolute atomic E-state index is 0.0187. The van der Waals surface area contributed by atoms with Crippen molar-refractivity contribution in [3.05, 3.63) is 17.0 Å². The molecule has 6 nitrogen and oxygen atoms in total. The molecule has 0 bridgehead atoms. The average molecular weight is 362 g/mol. The number of nitrogens with one attached hydrogen (secondary N) is 1. The van der Waals surface area contributed by atoms with Gasteiger partial charge in [-0.3, -0.25) is 4.79 Å². The molecule has 0 aromatic carbocycles. The highest BCUT2D eigenvalue weighted by molar-refractivity contribution is 7.91. The zero-order valence-electron chi connectivity index (χ0n) is 14.0. The van der Waals surface area contributed by atoms with Crippen molar-refractivity contribution >= 4 is 27.3 Å². The molecule has 1 aromatic heterocycles. The lowest BCUT2D eigenvalue weighted by atomic mass is 10.2. The van der Waals surface area contributed by atoms with Crippen LogP contribution < -0.4 is 11.1 Å². The third-order valence-electron chi connectivity index (χ3n) is 3.46. The first-order chi connectivity index (χ1) is 10.8. The number of nitrogens with zero attached hydrogens (tertiary/aromatic N) is 1. The fourth-order valence-electron chi connectivity index (χ4n) is 2.09. The Labute approximate surface area is 143 Å². The summed E-state index contributed by atoms with van der Waals surface area (Å²) in [6, 6.07) is 3.48. The van der Waals surface area contributed by atoms with Crippen molar-refractivity contribution in [1.82, 2.24) is 9.62 Å². The Bertz CT molecular complexity index is 593. The van der Waals surface area contributed by atoms with Crippen LogP contribution in [0.5, 0.6) is 0 Å². The zero-order valence-corrected chi connectivity index (χ0v) is 15.7. The van der Waals surface area contributed by atoms with Gasteiger partial charge in [-0.2, -0.15) is 4.31 Å². The van der Waals surface area contributed by atoms with Crippen molar-refractivity contribution in [1.29, 1.82) is 0 Å². The number of carbonyl (C=O) groups excluding carboxylic acids is 1. The summed E-state index contributed by atoms with van der Waals surface area (Å²) in [6.07, 6.45) is 1.71. The van der Waals surface area contributed by atoms with E-state index in [2.05, 4.69) is 5.32 Å². The molecule has 0 radical (unpaired) electrons. The minimum Gasteiger partial charge on any atom is -0.356 e. The van der Waals surface area contributed by atoms with Gasteiger partial charge < -0.3 is 11.1 Å². The molecule has 0 aliphatic carbocycles. The van der Waals surface area contributed by atoms with E-state index in [4.69, 9.17) is 5.73 Å². The molecule has 0 saturated heterocycles. The molecule has 0 aliphatic heterocycles. The molecule has 0 saturated carbocycles. The van der Waals surface area contributed by atoms with E-state index in [9.17, 15) is 13.2 Å². The smallest absolute Gasteiger partial charge is 0.252 e. The first-order valence-electron chi connectivity index (χ1n) is 7.92. The third kappa shape index (κ3) is 6.21. The minimum atomic E-state index is -3.39. The van der Waals surface area contributed by atoms with Gasteiger partial charge in [0.1, 0.15) is 4.21 Å². The molecule has 1 rings (SSSR count). The van der Waals surface area contributed by atoms with Crippen LogP contribution in [0.2, 0.25) is 0 Å². The molecule has 1 amide bonds. The maximum atomic E-state index is 12.4. The Morgan fingerprint density at radius 2 is 2.00 bits per heavy atom. The number of thiophene rings is 1. The average Bonchev–Trinajstić information content (AvgIpc) is 2.96. The van der Waals surface area contributed by atoms with E-state index in [-0.39, 0.29) is 11.9 Å². The molecule has 1 atom stereocenters. The van der Waals surface area contributed by atoms with Crippen molar-refractivity contribution < 1.29 is 13.2 Å². The van der Waals surface area contributed by atoms with Crippen molar-refractivity contribution in [2.45, 2.75) is 50.3 Å². The van der Waals surface area contributed by atoms with Crippen LogP contribution in [0.4, 0.5) is 0 Å². The molecule has 0 fully saturated rings. The van der Waals surface area contributed by atoms with Crippen LogP contribution in [0.1, 0.15) is 38.5 Å². The van der Waals surface area contributed by atoms with Gasteiger partial charge >= 0.3 is 0 Å². The first kappa shape index (κ1) is 20.1. The first-order valence-corrected chi connectivity index (χ1v) is 10.2. The second-order valence-corrected chi connectivity index (χ2v) is 8.76. The summed E-state index contributed by atoms with van der Waals surface area (Å²) < 4.78 is 26.6. The standard InChI is InChI=1S/C15H27N3O3S2/c1-4-18(5-2)23(20,21)15-9-7-13(22-15)10-11-17-14(19)8-6-12(3)16/h7,9,12H,4-6,8,10-11,16H2,1-3H3,(H,17,19). The molecule has 1 aromatic rings. The third-order valence-corrected chi connectivity index (χ3v) is 7.12. The largest absolute Gasteiger partial charge is 0.356 e. The van der Waals surface area contributed by atoms with E-state index < -0.39 is 10.0 Å². The van der Waals surface area contributed by atoms with E-state index in [1.54, 1.807) is 6.07 Å².